The summed E-state index contributed by atoms with van der Waals surface area (Å²) in [5.74, 6) is 0.818. The Morgan fingerprint density at radius 2 is 1.62 bits per heavy atom. The average molecular weight is 212 g/mol. The van der Waals surface area contributed by atoms with Crippen molar-refractivity contribution in [2.45, 2.75) is 19.8 Å². The van der Waals surface area contributed by atoms with Crippen molar-refractivity contribution in [3.8, 4) is 16.9 Å². The Morgan fingerprint density at radius 3 is 2.25 bits per heavy atom. The summed E-state index contributed by atoms with van der Waals surface area (Å²) in [6.45, 7) is 4.31. The lowest BCUT2D eigenvalue weighted by molar-refractivity contribution is 0.477. The molecule has 0 aliphatic heterocycles. The fraction of sp³-hybridized carbons (Fsp3) is 0.200. The summed E-state index contributed by atoms with van der Waals surface area (Å²) in [5, 5.41) is 9.87. The molecule has 0 saturated carbocycles. The summed E-state index contributed by atoms with van der Waals surface area (Å²) in [5.41, 5.74) is 3.21. The minimum atomic E-state index is 0.343. The van der Waals surface area contributed by atoms with Crippen LogP contribution in [-0.4, -0.2) is 5.11 Å². The molecule has 82 valence electrons. The van der Waals surface area contributed by atoms with Crippen LogP contribution in [0.25, 0.3) is 11.1 Å². The number of hydrogen-bond acceptors (Lipinski definition) is 1. The molecule has 16 heavy (non-hydrogen) atoms. The number of aromatic hydroxyl groups is 1. The number of benzene rings is 2. The minimum absolute atomic E-state index is 0.343. The van der Waals surface area contributed by atoms with Crippen LogP contribution in [0.1, 0.15) is 25.3 Å². The van der Waals surface area contributed by atoms with E-state index in [1.54, 1.807) is 6.07 Å². The number of rotatable bonds is 2. The van der Waals surface area contributed by atoms with Crippen LogP contribution < -0.4 is 0 Å². The Hall–Kier alpha value is -1.76. The molecular weight excluding hydrogens is 196 g/mol. The Kier molecular flexibility index (Phi) is 2.95. The normalized spacial score (nSPS) is 10.7. The molecule has 0 heterocycles. The van der Waals surface area contributed by atoms with Crippen molar-refractivity contribution in [2.75, 3.05) is 0 Å². The van der Waals surface area contributed by atoms with E-state index in [9.17, 15) is 5.11 Å². The van der Waals surface area contributed by atoms with Gasteiger partial charge in [0.1, 0.15) is 5.75 Å². The molecule has 1 nitrogen and oxygen atoms in total. The third-order valence-electron chi connectivity index (χ3n) is 2.77. The van der Waals surface area contributed by atoms with Gasteiger partial charge < -0.3 is 5.11 Å². The fourth-order valence-electron chi connectivity index (χ4n) is 1.76. The molecule has 2 aromatic rings. The zero-order chi connectivity index (χ0) is 11.5. The van der Waals surface area contributed by atoms with Crippen LogP contribution in [0.3, 0.4) is 0 Å². The van der Waals surface area contributed by atoms with E-state index in [1.165, 1.54) is 5.56 Å². The molecule has 0 fully saturated rings. The Labute approximate surface area is 96.4 Å². The summed E-state index contributed by atoms with van der Waals surface area (Å²) < 4.78 is 0. The summed E-state index contributed by atoms with van der Waals surface area (Å²) in [6, 6.07) is 15.8. The number of phenols is 1. The summed E-state index contributed by atoms with van der Waals surface area (Å²) >= 11 is 0. The van der Waals surface area contributed by atoms with Gasteiger partial charge in [-0.1, -0.05) is 50.2 Å². The monoisotopic (exact) mass is 212 g/mol. The van der Waals surface area contributed by atoms with Gasteiger partial charge in [-0.2, -0.15) is 0 Å². The summed E-state index contributed by atoms with van der Waals surface area (Å²) in [4.78, 5) is 0. The van der Waals surface area contributed by atoms with Gasteiger partial charge in [0.15, 0.2) is 0 Å². The van der Waals surface area contributed by atoms with E-state index in [-0.39, 0.29) is 0 Å². The minimum Gasteiger partial charge on any atom is -0.507 e. The lowest BCUT2D eigenvalue weighted by Crippen LogP contribution is -1.88. The highest BCUT2D eigenvalue weighted by Gasteiger charge is 2.06. The molecule has 0 unspecified atom stereocenters. The van der Waals surface area contributed by atoms with Crippen molar-refractivity contribution in [3.63, 3.8) is 0 Å². The van der Waals surface area contributed by atoms with Gasteiger partial charge >= 0.3 is 0 Å². The van der Waals surface area contributed by atoms with Crippen LogP contribution in [-0.2, 0) is 0 Å². The maximum Gasteiger partial charge on any atom is 0.123 e. The largest absolute Gasteiger partial charge is 0.507 e. The summed E-state index contributed by atoms with van der Waals surface area (Å²) in [6.07, 6.45) is 0. The molecule has 0 aromatic heterocycles. The molecule has 0 radical (unpaired) electrons. The van der Waals surface area contributed by atoms with Crippen LogP contribution in [0.4, 0.5) is 0 Å². The van der Waals surface area contributed by atoms with Crippen molar-refractivity contribution < 1.29 is 5.11 Å². The van der Waals surface area contributed by atoms with E-state index in [2.05, 4.69) is 19.9 Å². The van der Waals surface area contributed by atoms with Gasteiger partial charge in [0.05, 0.1) is 0 Å². The topological polar surface area (TPSA) is 20.2 Å². The average Bonchev–Trinajstić information content (AvgIpc) is 2.30. The molecule has 0 amide bonds. The predicted molar refractivity (Wildman–Crippen MR) is 67.6 cm³/mol. The van der Waals surface area contributed by atoms with Crippen LogP contribution in [0.15, 0.2) is 48.5 Å². The van der Waals surface area contributed by atoms with Gasteiger partial charge in [-0.15, -0.1) is 0 Å². The van der Waals surface area contributed by atoms with Crippen LogP contribution in [0.2, 0.25) is 0 Å². The van der Waals surface area contributed by atoms with Crippen LogP contribution in [0.5, 0.6) is 5.75 Å². The maximum absolute atomic E-state index is 9.87. The number of phenolic OH excluding ortho intramolecular Hbond substituents is 1. The summed E-state index contributed by atoms with van der Waals surface area (Å²) in [7, 11) is 0. The molecule has 2 rings (SSSR count). The van der Waals surface area contributed by atoms with Crippen molar-refractivity contribution in [1.29, 1.82) is 0 Å². The standard InChI is InChI=1S/C15H16O/c1-11(2)13-8-9-15(16)14(10-13)12-6-4-3-5-7-12/h3-11,16H,1-2H3. The quantitative estimate of drug-likeness (QED) is 0.791. The number of hydrogen-bond donors (Lipinski definition) is 1. The lowest BCUT2D eigenvalue weighted by atomic mass is 9.97. The van der Waals surface area contributed by atoms with E-state index < -0.39 is 0 Å². The molecule has 0 aliphatic carbocycles. The van der Waals surface area contributed by atoms with E-state index in [4.69, 9.17) is 0 Å². The fourth-order valence-corrected chi connectivity index (χ4v) is 1.76. The molecule has 0 atom stereocenters. The highest BCUT2D eigenvalue weighted by molar-refractivity contribution is 5.70. The first-order chi connectivity index (χ1) is 7.68. The first-order valence-corrected chi connectivity index (χ1v) is 5.57. The first kappa shape index (κ1) is 10.7. The van der Waals surface area contributed by atoms with E-state index in [0.29, 0.717) is 11.7 Å². The molecule has 0 saturated heterocycles. The lowest BCUT2D eigenvalue weighted by Gasteiger charge is -2.10. The van der Waals surface area contributed by atoms with E-state index in [0.717, 1.165) is 11.1 Å². The third-order valence-corrected chi connectivity index (χ3v) is 2.77. The van der Waals surface area contributed by atoms with Gasteiger partial charge in [0.25, 0.3) is 0 Å². The molecule has 1 N–H and O–H groups in total. The Balaban J connectivity index is 2.52. The van der Waals surface area contributed by atoms with Crippen molar-refractivity contribution in [2.24, 2.45) is 0 Å². The second-order valence-electron chi connectivity index (χ2n) is 4.30. The molecule has 2 aromatic carbocycles. The van der Waals surface area contributed by atoms with Gasteiger partial charge in [-0.3, -0.25) is 0 Å². The van der Waals surface area contributed by atoms with Gasteiger partial charge in [-0.05, 0) is 29.2 Å². The van der Waals surface area contributed by atoms with Crippen LogP contribution in [0, 0.1) is 0 Å². The SMILES string of the molecule is CC(C)c1ccc(O)c(-c2ccccc2)c1. The van der Waals surface area contributed by atoms with Gasteiger partial charge in [0.2, 0.25) is 0 Å². The zero-order valence-corrected chi connectivity index (χ0v) is 9.64. The second kappa shape index (κ2) is 4.40. The molecular formula is C15H16O. The van der Waals surface area contributed by atoms with E-state index >= 15 is 0 Å². The van der Waals surface area contributed by atoms with Gasteiger partial charge in [-0.25, -0.2) is 0 Å². The third kappa shape index (κ3) is 2.08. The highest BCUT2D eigenvalue weighted by Crippen LogP contribution is 2.31. The Bertz CT molecular complexity index is 472. The molecule has 0 bridgehead atoms. The van der Waals surface area contributed by atoms with Gasteiger partial charge in [0, 0.05) is 5.56 Å². The zero-order valence-electron chi connectivity index (χ0n) is 9.64. The first-order valence-electron chi connectivity index (χ1n) is 5.57. The molecule has 1 heteroatoms. The maximum atomic E-state index is 9.87. The van der Waals surface area contributed by atoms with Crippen LogP contribution >= 0.6 is 0 Å². The smallest absolute Gasteiger partial charge is 0.123 e. The second-order valence-corrected chi connectivity index (χ2v) is 4.30. The predicted octanol–water partition coefficient (Wildman–Crippen LogP) is 4.18. The van der Waals surface area contributed by atoms with Crippen molar-refractivity contribution >= 4 is 0 Å². The van der Waals surface area contributed by atoms with Crippen molar-refractivity contribution in [3.05, 3.63) is 54.1 Å². The Morgan fingerprint density at radius 1 is 0.938 bits per heavy atom. The molecule has 0 aliphatic rings. The highest BCUT2D eigenvalue weighted by atomic mass is 16.3. The van der Waals surface area contributed by atoms with Crippen molar-refractivity contribution in [1.82, 2.24) is 0 Å². The molecule has 0 spiro atoms. The van der Waals surface area contributed by atoms with E-state index in [1.807, 2.05) is 36.4 Å².